The second-order valence-electron chi connectivity index (χ2n) is 3.77. The molecule has 1 aromatic heterocycles. The van der Waals surface area contributed by atoms with Gasteiger partial charge in [0.1, 0.15) is 12.1 Å². The van der Waals surface area contributed by atoms with Crippen molar-refractivity contribution in [1.29, 1.82) is 0 Å². The van der Waals surface area contributed by atoms with E-state index in [0.29, 0.717) is 11.7 Å². The summed E-state index contributed by atoms with van der Waals surface area (Å²) in [7, 11) is -1.53. The molecule has 1 atom stereocenters. The Hall–Kier alpha value is -1.63. The van der Waals surface area contributed by atoms with E-state index in [4.69, 9.17) is 4.74 Å². The maximum atomic E-state index is 11.3. The lowest BCUT2D eigenvalue weighted by molar-refractivity contribution is 0.393. The van der Waals surface area contributed by atoms with Crippen molar-refractivity contribution in [3.63, 3.8) is 0 Å². The van der Waals surface area contributed by atoms with E-state index >= 15 is 0 Å². The number of hydrogen-bond acceptors (Lipinski definition) is 6. The summed E-state index contributed by atoms with van der Waals surface area (Å²) >= 11 is 0. The Balaban J connectivity index is 2.18. The van der Waals surface area contributed by atoms with Crippen molar-refractivity contribution in [3.8, 4) is 5.88 Å². The van der Waals surface area contributed by atoms with Gasteiger partial charge in [-0.2, -0.15) is 0 Å². The molecule has 1 N–H and O–H groups in total. The number of nitrogens with one attached hydrogen (secondary N) is 1. The molecular formula is C10H13N3O3S. The Kier molecular flexibility index (Phi) is 3.01. The zero-order chi connectivity index (χ0) is 12.5. The van der Waals surface area contributed by atoms with E-state index in [2.05, 4.69) is 15.3 Å². The Labute approximate surface area is 99.7 Å². The van der Waals surface area contributed by atoms with Crippen molar-refractivity contribution < 1.29 is 13.2 Å². The molecule has 2 heterocycles. The SMILES string of the molecule is COc1ncnc(NC2C=CS(=O)(=O)C2)c1C. The molecule has 0 radical (unpaired) electrons. The average Bonchev–Trinajstić information content (AvgIpc) is 2.61. The first-order valence-electron chi connectivity index (χ1n) is 5.05. The van der Waals surface area contributed by atoms with Crippen LogP contribution in [-0.4, -0.2) is 37.3 Å². The molecule has 0 aliphatic carbocycles. The van der Waals surface area contributed by atoms with Crippen LogP contribution >= 0.6 is 0 Å². The van der Waals surface area contributed by atoms with Gasteiger partial charge in [0.25, 0.3) is 0 Å². The number of sulfone groups is 1. The summed E-state index contributed by atoms with van der Waals surface area (Å²) in [6.07, 6.45) is 2.99. The van der Waals surface area contributed by atoms with Crippen LogP contribution in [0.4, 0.5) is 5.82 Å². The maximum absolute atomic E-state index is 11.3. The normalized spacial score (nSPS) is 21.4. The molecule has 1 aliphatic rings. The van der Waals surface area contributed by atoms with Gasteiger partial charge in [-0.15, -0.1) is 0 Å². The third-order valence-corrected chi connectivity index (χ3v) is 3.88. The van der Waals surface area contributed by atoms with Gasteiger partial charge in [0.2, 0.25) is 5.88 Å². The standard InChI is InChI=1S/C10H13N3O3S/c1-7-9(11-6-12-10(7)16-2)13-8-3-4-17(14,15)5-8/h3-4,6,8H,5H2,1-2H3,(H,11,12,13). The van der Waals surface area contributed by atoms with Crippen molar-refractivity contribution in [2.24, 2.45) is 0 Å². The smallest absolute Gasteiger partial charge is 0.221 e. The molecule has 0 fully saturated rings. The molecule has 0 spiro atoms. The van der Waals surface area contributed by atoms with Gasteiger partial charge in [0, 0.05) is 5.41 Å². The molecule has 92 valence electrons. The highest BCUT2D eigenvalue weighted by Gasteiger charge is 2.22. The second-order valence-corrected chi connectivity index (χ2v) is 5.70. The molecule has 1 aromatic rings. The average molecular weight is 255 g/mol. The Morgan fingerprint density at radius 3 is 2.82 bits per heavy atom. The number of nitrogens with zero attached hydrogens (tertiary/aromatic N) is 2. The molecule has 2 rings (SSSR count). The summed E-state index contributed by atoms with van der Waals surface area (Å²) in [5.41, 5.74) is 0.757. The minimum atomic E-state index is -3.06. The van der Waals surface area contributed by atoms with Gasteiger partial charge in [-0.05, 0) is 13.0 Å². The number of methoxy groups -OCH3 is 1. The zero-order valence-corrected chi connectivity index (χ0v) is 10.4. The van der Waals surface area contributed by atoms with Gasteiger partial charge in [-0.3, -0.25) is 0 Å². The summed E-state index contributed by atoms with van der Waals surface area (Å²) in [4.78, 5) is 8.02. The van der Waals surface area contributed by atoms with E-state index < -0.39 is 9.84 Å². The third kappa shape index (κ3) is 2.55. The highest BCUT2D eigenvalue weighted by atomic mass is 32.2. The number of aromatic nitrogens is 2. The Bertz CT molecular complexity index is 554. The lowest BCUT2D eigenvalue weighted by atomic mass is 10.3. The van der Waals surface area contributed by atoms with Crippen LogP contribution in [0.5, 0.6) is 5.88 Å². The van der Waals surface area contributed by atoms with E-state index in [1.807, 2.05) is 6.92 Å². The van der Waals surface area contributed by atoms with Crippen LogP contribution in [-0.2, 0) is 9.84 Å². The summed E-state index contributed by atoms with van der Waals surface area (Å²) in [6, 6.07) is -0.252. The molecular weight excluding hydrogens is 242 g/mol. The van der Waals surface area contributed by atoms with E-state index in [9.17, 15) is 8.42 Å². The molecule has 0 aromatic carbocycles. The first-order valence-corrected chi connectivity index (χ1v) is 6.76. The summed E-state index contributed by atoms with van der Waals surface area (Å²) < 4.78 is 27.6. The van der Waals surface area contributed by atoms with Crippen LogP contribution in [0.2, 0.25) is 0 Å². The minimum Gasteiger partial charge on any atom is -0.481 e. The van der Waals surface area contributed by atoms with Crippen molar-refractivity contribution in [3.05, 3.63) is 23.4 Å². The fourth-order valence-electron chi connectivity index (χ4n) is 1.63. The quantitative estimate of drug-likeness (QED) is 0.847. The first-order chi connectivity index (χ1) is 8.02. The minimum absolute atomic E-state index is 0.0543. The van der Waals surface area contributed by atoms with Gasteiger partial charge >= 0.3 is 0 Å². The Morgan fingerprint density at radius 2 is 2.24 bits per heavy atom. The van der Waals surface area contributed by atoms with Gasteiger partial charge in [0.05, 0.1) is 24.5 Å². The molecule has 7 heteroatoms. The molecule has 6 nitrogen and oxygen atoms in total. The molecule has 17 heavy (non-hydrogen) atoms. The third-order valence-electron chi connectivity index (χ3n) is 2.48. The summed E-state index contributed by atoms with van der Waals surface area (Å²) in [5.74, 6) is 1.12. The first kappa shape index (κ1) is 11.8. The van der Waals surface area contributed by atoms with E-state index in [-0.39, 0.29) is 11.8 Å². The van der Waals surface area contributed by atoms with Gasteiger partial charge in [-0.1, -0.05) is 0 Å². The van der Waals surface area contributed by atoms with Gasteiger partial charge in [0.15, 0.2) is 9.84 Å². The number of anilines is 1. The number of rotatable bonds is 3. The molecule has 0 amide bonds. The van der Waals surface area contributed by atoms with E-state index in [1.54, 1.807) is 6.08 Å². The molecule has 0 saturated carbocycles. The highest BCUT2D eigenvalue weighted by Crippen LogP contribution is 2.22. The lowest BCUT2D eigenvalue weighted by Gasteiger charge is -2.13. The lowest BCUT2D eigenvalue weighted by Crippen LogP contribution is -2.22. The van der Waals surface area contributed by atoms with Crippen molar-refractivity contribution in [1.82, 2.24) is 9.97 Å². The molecule has 1 aliphatic heterocycles. The Morgan fingerprint density at radius 1 is 1.47 bits per heavy atom. The van der Waals surface area contributed by atoms with E-state index in [1.165, 1.54) is 18.8 Å². The molecule has 0 bridgehead atoms. The van der Waals surface area contributed by atoms with E-state index in [0.717, 1.165) is 5.56 Å². The highest BCUT2D eigenvalue weighted by molar-refractivity contribution is 7.94. The van der Waals surface area contributed by atoms with Crippen LogP contribution in [0.15, 0.2) is 17.8 Å². The summed E-state index contributed by atoms with van der Waals surface area (Å²) in [5, 5.41) is 4.26. The van der Waals surface area contributed by atoms with Crippen LogP contribution in [0.3, 0.4) is 0 Å². The molecule has 1 unspecified atom stereocenters. The summed E-state index contributed by atoms with van der Waals surface area (Å²) in [6.45, 7) is 1.81. The fourth-order valence-corrected chi connectivity index (χ4v) is 2.86. The topological polar surface area (TPSA) is 81.2 Å². The van der Waals surface area contributed by atoms with Crippen molar-refractivity contribution >= 4 is 15.7 Å². The van der Waals surface area contributed by atoms with Gasteiger partial charge < -0.3 is 10.1 Å². The van der Waals surface area contributed by atoms with Crippen LogP contribution in [0.1, 0.15) is 5.56 Å². The molecule has 0 saturated heterocycles. The van der Waals surface area contributed by atoms with Crippen LogP contribution < -0.4 is 10.1 Å². The van der Waals surface area contributed by atoms with Crippen molar-refractivity contribution in [2.45, 2.75) is 13.0 Å². The number of ether oxygens (including phenoxy) is 1. The zero-order valence-electron chi connectivity index (χ0n) is 9.54. The van der Waals surface area contributed by atoms with Crippen LogP contribution in [0.25, 0.3) is 0 Å². The van der Waals surface area contributed by atoms with Crippen molar-refractivity contribution in [2.75, 3.05) is 18.2 Å². The predicted octanol–water partition coefficient (Wildman–Crippen LogP) is 0.516. The number of hydrogen-bond donors (Lipinski definition) is 1. The fraction of sp³-hybridized carbons (Fsp3) is 0.400. The largest absolute Gasteiger partial charge is 0.481 e. The predicted molar refractivity (Wildman–Crippen MR) is 63.7 cm³/mol. The maximum Gasteiger partial charge on any atom is 0.221 e. The van der Waals surface area contributed by atoms with Crippen LogP contribution in [0, 0.1) is 6.92 Å². The monoisotopic (exact) mass is 255 g/mol. The van der Waals surface area contributed by atoms with Gasteiger partial charge in [-0.25, -0.2) is 18.4 Å². The second kappa shape index (κ2) is 4.33.